The zero-order valence-corrected chi connectivity index (χ0v) is 9.54. The van der Waals surface area contributed by atoms with Gasteiger partial charge in [-0.3, -0.25) is 4.79 Å². The molecule has 0 spiro atoms. The molecular weight excluding hydrogens is 204 g/mol. The molecule has 0 amide bonds. The highest BCUT2D eigenvalue weighted by Crippen LogP contribution is 2.21. The second-order valence-corrected chi connectivity index (χ2v) is 3.42. The first-order valence-electron chi connectivity index (χ1n) is 5.13. The summed E-state index contributed by atoms with van der Waals surface area (Å²) in [4.78, 5) is 14.7. The second-order valence-electron chi connectivity index (χ2n) is 3.42. The fraction of sp³-hybridized carbons (Fsp3) is 0.333. The highest BCUT2D eigenvalue weighted by molar-refractivity contribution is 6.10. The number of esters is 1. The van der Waals surface area contributed by atoms with E-state index in [1.165, 1.54) is 6.08 Å². The van der Waals surface area contributed by atoms with Gasteiger partial charge in [0.25, 0.3) is 0 Å². The lowest BCUT2D eigenvalue weighted by atomic mass is 9.97. The summed E-state index contributed by atoms with van der Waals surface area (Å²) in [6, 6.07) is 1.86. The van der Waals surface area contributed by atoms with Gasteiger partial charge < -0.3 is 15.1 Å². The van der Waals surface area contributed by atoms with Crippen LogP contribution in [0, 0.1) is 12.3 Å². The number of carbonyl (C=O) groups excluding carboxylic acids is 1. The highest BCUT2D eigenvalue weighted by Gasteiger charge is 2.27. The van der Waals surface area contributed by atoms with Crippen molar-refractivity contribution in [1.29, 1.82) is 5.41 Å². The van der Waals surface area contributed by atoms with Crippen LogP contribution >= 0.6 is 0 Å². The van der Waals surface area contributed by atoms with Crippen molar-refractivity contribution in [2.24, 2.45) is 0 Å². The van der Waals surface area contributed by atoms with Crippen molar-refractivity contribution in [3.63, 3.8) is 0 Å². The first kappa shape index (κ1) is 12.2. The molecule has 4 nitrogen and oxygen atoms in total. The maximum absolute atomic E-state index is 11.8. The Morgan fingerprint density at radius 3 is 2.88 bits per heavy atom. The standard InChI is InChI=1S/C12H16N2O2/c1-4-9(13)10(12(15)16-5-2)11-8(3)6-7-14-11/h4,6-7,10,13-14H,1,5H2,2-3H3. The summed E-state index contributed by atoms with van der Waals surface area (Å²) in [5.74, 6) is -1.12. The topological polar surface area (TPSA) is 65.9 Å². The zero-order valence-electron chi connectivity index (χ0n) is 9.54. The van der Waals surface area contributed by atoms with E-state index in [4.69, 9.17) is 10.1 Å². The number of hydrogen-bond donors (Lipinski definition) is 2. The van der Waals surface area contributed by atoms with Gasteiger partial charge in [-0.25, -0.2) is 0 Å². The van der Waals surface area contributed by atoms with Crippen LogP contribution < -0.4 is 0 Å². The third-order valence-electron chi connectivity index (χ3n) is 2.34. The van der Waals surface area contributed by atoms with Gasteiger partial charge in [0.2, 0.25) is 0 Å². The normalized spacial score (nSPS) is 11.9. The zero-order chi connectivity index (χ0) is 12.1. The second kappa shape index (κ2) is 5.30. The van der Waals surface area contributed by atoms with Crippen molar-refractivity contribution in [2.45, 2.75) is 19.8 Å². The fourth-order valence-electron chi connectivity index (χ4n) is 1.51. The lowest BCUT2D eigenvalue weighted by Crippen LogP contribution is -2.23. The Morgan fingerprint density at radius 2 is 2.44 bits per heavy atom. The first-order valence-corrected chi connectivity index (χ1v) is 5.13. The number of hydrogen-bond acceptors (Lipinski definition) is 3. The van der Waals surface area contributed by atoms with E-state index in [1.54, 1.807) is 13.1 Å². The molecule has 0 aliphatic rings. The van der Waals surface area contributed by atoms with Crippen molar-refractivity contribution < 1.29 is 9.53 Å². The fourth-order valence-corrected chi connectivity index (χ4v) is 1.51. The van der Waals surface area contributed by atoms with Gasteiger partial charge in [0.05, 0.1) is 12.3 Å². The number of allylic oxidation sites excluding steroid dienone is 1. The SMILES string of the molecule is C=CC(=N)C(C(=O)OCC)c1[nH]ccc1C. The van der Waals surface area contributed by atoms with E-state index in [0.29, 0.717) is 12.3 Å². The molecule has 0 saturated heterocycles. The molecule has 0 radical (unpaired) electrons. The van der Waals surface area contributed by atoms with Gasteiger partial charge >= 0.3 is 5.97 Å². The highest BCUT2D eigenvalue weighted by atomic mass is 16.5. The van der Waals surface area contributed by atoms with E-state index < -0.39 is 11.9 Å². The maximum Gasteiger partial charge on any atom is 0.321 e. The quantitative estimate of drug-likeness (QED) is 0.590. The van der Waals surface area contributed by atoms with Gasteiger partial charge in [0, 0.05) is 11.9 Å². The number of aryl methyl sites for hydroxylation is 1. The number of aromatic nitrogens is 1. The van der Waals surface area contributed by atoms with Crippen molar-refractivity contribution in [3.8, 4) is 0 Å². The van der Waals surface area contributed by atoms with Gasteiger partial charge in [-0.15, -0.1) is 0 Å². The number of H-pyrrole nitrogens is 1. The molecule has 1 aromatic heterocycles. The molecule has 0 aliphatic carbocycles. The molecule has 1 aromatic rings. The molecule has 16 heavy (non-hydrogen) atoms. The Labute approximate surface area is 94.8 Å². The van der Waals surface area contributed by atoms with E-state index in [0.717, 1.165) is 5.56 Å². The number of carbonyl (C=O) groups is 1. The molecular formula is C12H16N2O2. The Hall–Kier alpha value is -1.84. The van der Waals surface area contributed by atoms with Crippen LogP contribution in [0.1, 0.15) is 24.1 Å². The van der Waals surface area contributed by atoms with Crippen molar-refractivity contribution >= 4 is 11.7 Å². The number of ether oxygens (including phenoxy) is 1. The average Bonchev–Trinajstić information content (AvgIpc) is 2.65. The van der Waals surface area contributed by atoms with Crippen molar-refractivity contribution in [3.05, 3.63) is 36.2 Å². The number of aromatic amines is 1. The van der Waals surface area contributed by atoms with E-state index in [9.17, 15) is 4.79 Å². The summed E-state index contributed by atoms with van der Waals surface area (Å²) >= 11 is 0. The van der Waals surface area contributed by atoms with Gasteiger partial charge in [0.1, 0.15) is 5.92 Å². The maximum atomic E-state index is 11.8. The van der Waals surface area contributed by atoms with Crippen LogP contribution in [0.3, 0.4) is 0 Å². The van der Waals surface area contributed by atoms with E-state index in [-0.39, 0.29) is 5.71 Å². The Balaban J connectivity index is 3.06. The molecule has 1 atom stereocenters. The van der Waals surface area contributed by atoms with Crippen LogP contribution in [0.25, 0.3) is 0 Å². The molecule has 0 fully saturated rings. The molecule has 1 rings (SSSR count). The third kappa shape index (κ3) is 2.39. The molecule has 86 valence electrons. The van der Waals surface area contributed by atoms with Crippen molar-refractivity contribution in [2.75, 3.05) is 6.61 Å². The summed E-state index contributed by atoms with van der Waals surface area (Å²) in [5.41, 5.74) is 1.78. The van der Waals surface area contributed by atoms with Crippen LogP contribution in [-0.2, 0) is 9.53 Å². The molecule has 0 aromatic carbocycles. The minimum Gasteiger partial charge on any atom is -0.465 e. The van der Waals surface area contributed by atoms with Gasteiger partial charge in [-0.2, -0.15) is 0 Å². The number of rotatable bonds is 5. The predicted molar refractivity (Wildman–Crippen MR) is 62.8 cm³/mol. The van der Waals surface area contributed by atoms with Crippen LogP contribution in [0.15, 0.2) is 24.9 Å². The molecule has 0 aliphatic heterocycles. The smallest absolute Gasteiger partial charge is 0.321 e. The largest absolute Gasteiger partial charge is 0.465 e. The third-order valence-corrected chi connectivity index (χ3v) is 2.34. The van der Waals surface area contributed by atoms with Gasteiger partial charge in [-0.1, -0.05) is 6.58 Å². The van der Waals surface area contributed by atoms with Crippen LogP contribution in [0.4, 0.5) is 0 Å². The van der Waals surface area contributed by atoms with Crippen LogP contribution in [0.2, 0.25) is 0 Å². The van der Waals surface area contributed by atoms with Crippen molar-refractivity contribution in [1.82, 2.24) is 4.98 Å². The summed E-state index contributed by atoms with van der Waals surface area (Å²) in [7, 11) is 0. The van der Waals surface area contributed by atoms with E-state index in [1.807, 2.05) is 13.0 Å². The summed E-state index contributed by atoms with van der Waals surface area (Å²) < 4.78 is 4.96. The minimum atomic E-state index is -0.701. The summed E-state index contributed by atoms with van der Waals surface area (Å²) in [6.07, 6.45) is 3.11. The monoisotopic (exact) mass is 220 g/mol. The van der Waals surface area contributed by atoms with E-state index in [2.05, 4.69) is 11.6 Å². The van der Waals surface area contributed by atoms with Gasteiger partial charge in [-0.05, 0) is 31.6 Å². The molecule has 2 N–H and O–H groups in total. The summed E-state index contributed by atoms with van der Waals surface area (Å²) in [6.45, 7) is 7.45. The molecule has 4 heteroatoms. The average molecular weight is 220 g/mol. The molecule has 0 saturated carbocycles. The Bertz CT molecular complexity index is 407. The lowest BCUT2D eigenvalue weighted by molar-refractivity contribution is -0.143. The summed E-state index contributed by atoms with van der Waals surface area (Å²) in [5, 5.41) is 7.74. The first-order chi connectivity index (χ1) is 7.61. The minimum absolute atomic E-state index is 0.143. The van der Waals surface area contributed by atoms with Gasteiger partial charge in [0.15, 0.2) is 0 Å². The molecule has 1 heterocycles. The molecule has 0 bridgehead atoms. The van der Waals surface area contributed by atoms with Crippen LogP contribution in [0.5, 0.6) is 0 Å². The van der Waals surface area contributed by atoms with E-state index >= 15 is 0 Å². The predicted octanol–water partition coefficient (Wildman–Crippen LogP) is 2.18. The Morgan fingerprint density at radius 1 is 1.75 bits per heavy atom. The lowest BCUT2D eigenvalue weighted by Gasteiger charge is -2.14. The Kier molecular flexibility index (Phi) is 4.05. The number of nitrogens with one attached hydrogen (secondary N) is 2. The molecule has 1 unspecified atom stereocenters. The van der Waals surface area contributed by atoms with Crippen LogP contribution in [-0.4, -0.2) is 23.3 Å².